The Balaban J connectivity index is 3.22. The van der Waals surface area contributed by atoms with Gasteiger partial charge in [0.15, 0.2) is 25.6 Å². The molecule has 4 nitrogen and oxygen atoms in total. The smallest absolute Gasteiger partial charge is 0.422 e. The molecule has 1 aromatic rings. The van der Waals surface area contributed by atoms with E-state index in [0.717, 1.165) is 0 Å². The van der Waals surface area contributed by atoms with Crippen molar-refractivity contribution in [2.24, 2.45) is 0 Å². The van der Waals surface area contributed by atoms with E-state index in [1.54, 1.807) is 0 Å². The van der Waals surface area contributed by atoms with Gasteiger partial charge in [-0.3, -0.25) is 0 Å². The van der Waals surface area contributed by atoms with Gasteiger partial charge in [-0.15, -0.1) is 0 Å². The van der Waals surface area contributed by atoms with Crippen LogP contribution in [-0.4, -0.2) is 43.3 Å². The molecule has 1 heterocycles. The van der Waals surface area contributed by atoms with Gasteiger partial charge in [-0.2, -0.15) is 44.5 Å². The Kier molecular flexibility index (Phi) is 6.96. The number of hydrogen-bond donors (Lipinski definition) is 0. The fourth-order valence-electron chi connectivity index (χ4n) is 1.25. The number of nitrogens with zero attached hydrogens (tertiary/aromatic N) is 1. The minimum absolute atomic E-state index is 1.01. The molecule has 0 aliphatic carbocycles. The average Bonchev–Trinajstić information content (AvgIpc) is 2.42. The van der Waals surface area contributed by atoms with Crippen LogP contribution < -0.4 is 14.2 Å². The molecule has 0 amide bonds. The predicted octanol–water partition coefficient (Wildman–Crippen LogP) is 5.21. The molecule has 26 heavy (non-hydrogen) atoms. The zero-order chi connectivity index (χ0) is 20.3. The van der Waals surface area contributed by atoms with Crippen LogP contribution in [0.2, 0.25) is 10.0 Å². The van der Waals surface area contributed by atoms with Gasteiger partial charge >= 0.3 is 18.5 Å². The van der Waals surface area contributed by atoms with E-state index in [1.807, 2.05) is 0 Å². The van der Waals surface area contributed by atoms with Gasteiger partial charge in [-0.05, 0) is 0 Å². The van der Waals surface area contributed by atoms with Gasteiger partial charge in [0.1, 0.15) is 10.0 Å². The normalized spacial score (nSPS) is 12.9. The summed E-state index contributed by atoms with van der Waals surface area (Å²) in [6.45, 7) is -5.97. The molecule has 1 aromatic heterocycles. The lowest BCUT2D eigenvalue weighted by atomic mass is 10.4. The van der Waals surface area contributed by atoms with Crippen LogP contribution in [0.1, 0.15) is 0 Å². The zero-order valence-electron chi connectivity index (χ0n) is 12.0. The number of pyridine rings is 1. The number of halogens is 11. The molecule has 0 N–H and O–H groups in total. The van der Waals surface area contributed by atoms with Gasteiger partial charge < -0.3 is 14.2 Å². The van der Waals surface area contributed by atoms with Crippen molar-refractivity contribution in [3.63, 3.8) is 0 Å². The molecule has 150 valence electrons. The second-order valence-corrected chi connectivity index (χ2v) is 5.15. The first-order valence-electron chi connectivity index (χ1n) is 6.07. The maximum atomic E-state index is 12.2. The first kappa shape index (κ1) is 22.5. The molecule has 0 aliphatic heterocycles. The molecule has 0 saturated carbocycles. The van der Waals surface area contributed by atoms with Crippen LogP contribution in [0.25, 0.3) is 0 Å². The van der Waals surface area contributed by atoms with Crippen LogP contribution in [0.3, 0.4) is 0 Å². The first-order chi connectivity index (χ1) is 11.6. The lowest BCUT2D eigenvalue weighted by Gasteiger charge is -2.18. The summed E-state index contributed by atoms with van der Waals surface area (Å²) in [6, 6.07) is 0. The summed E-state index contributed by atoms with van der Waals surface area (Å²) < 4.78 is 122. The highest BCUT2D eigenvalue weighted by Gasteiger charge is 2.34. The predicted molar refractivity (Wildman–Crippen MR) is 68.9 cm³/mol. The van der Waals surface area contributed by atoms with Gasteiger partial charge in [-0.1, -0.05) is 23.2 Å². The van der Waals surface area contributed by atoms with Crippen LogP contribution in [0.15, 0.2) is 0 Å². The standard InChI is InChI=1S/C11H6Cl2F9NO3/c12-4-6(24-1-9(14,15)16)5(13)8(26-3-11(20,21)22)23-7(4)25-2-10(17,18)19/h1-3H2. The molecule has 1 rings (SSSR count). The summed E-state index contributed by atoms with van der Waals surface area (Å²) >= 11 is 11.0. The Morgan fingerprint density at radius 3 is 1.23 bits per heavy atom. The van der Waals surface area contributed by atoms with E-state index >= 15 is 0 Å². The SMILES string of the molecule is FC(F)(F)COc1nc(OCC(F)(F)F)c(Cl)c(OCC(F)(F)F)c1Cl. The average molecular weight is 442 g/mol. The highest BCUT2D eigenvalue weighted by molar-refractivity contribution is 6.38. The molecule has 0 unspecified atom stereocenters. The highest BCUT2D eigenvalue weighted by Crippen LogP contribution is 2.44. The quantitative estimate of drug-likeness (QED) is 0.568. The second kappa shape index (κ2) is 8.03. The lowest BCUT2D eigenvalue weighted by Crippen LogP contribution is -2.22. The molecule has 0 aliphatic rings. The van der Waals surface area contributed by atoms with E-state index in [2.05, 4.69) is 19.2 Å². The highest BCUT2D eigenvalue weighted by atomic mass is 35.5. The lowest BCUT2D eigenvalue weighted by molar-refractivity contribution is -0.155. The molecule has 0 fully saturated rings. The van der Waals surface area contributed by atoms with Crippen LogP contribution >= 0.6 is 23.2 Å². The third-order valence-electron chi connectivity index (χ3n) is 2.10. The first-order valence-corrected chi connectivity index (χ1v) is 6.82. The monoisotopic (exact) mass is 441 g/mol. The van der Waals surface area contributed by atoms with E-state index in [1.165, 1.54) is 0 Å². The number of rotatable bonds is 6. The third kappa shape index (κ3) is 7.81. The summed E-state index contributed by atoms with van der Waals surface area (Å²) in [5, 5.41) is -2.02. The van der Waals surface area contributed by atoms with Crippen LogP contribution in [0.4, 0.5) is 39.5 Å². The van der Waals surface area contributed by atoms with Crippen LogP contribution in [0, 0.1) is 0 Å². The maximum Gasteiger partial charge on any atom is 0.422 e. The molecular weight excluding hydrogens is 436 g/mol. The Morgan fingerprint density at radius 2 is 0.923 bits per heavy atom. The fourth-order valence-corrected chi connectivity index (χ4v) is 1.79. The third-order valence-corrected chi connectivity index (χ3v) is 2.77. The number of ether oxygens (including phenoxy) is 3. The Morgan fingerprint density at radius 1 is 0.615 bits per heavy atom. The van der Waals surface area contributed by atoms with Crippen molar-refractivity contribution in [3.05, 3.63) is 10.0 Å². The van der Waals surface area contributed by atoms with E-state index < -0.39 is 65.9 Å². The van der Waals surface area contributed by atoms with Crippen molar-refractivity contribution >= 4 is 23.2 Å². The Bertz CT molecular complexity index is 589. The summed E-state index contributed by atoms with van der Waals surface area (Å²) in [4.78, 5) is 3.11. The molecule has 0 atom stereocenters. The van der Waals surface area contributed by atoms with Crippen LogP contribution in [-0.2, 0) is 0 Å². The van der Waals surface area contributed by atoms with Crippen molar-refractivity contribution < 1.29 is 53.7 Å². The molecule has 0 spiro atoms. The molecular formula is C11H6Cl2F9NO3. The van der Waals surface area contributed by atoms with E-state index in [-0.39, 0.29) is 0 Å². The Labute approximate surface area is 148 Å². The fraction of sp³-hybridized carbons (Fsp3) is 0.545. The second-order valence-electron chi connectivity index (χ2n) is 4.39. The van der Waals surface area contributed by atoms with Gasteiger partial charge in [0.25, 0.3) is 0 Å². The van der Waals surface area contributed by atoms with E-state index in [0.29, 0.717) is 0 Å². The topological polar surface area (TPSA) is 40.6 Å². The summed E-state index contributed by atoms with van der Waals surface area (Å²) in [6.07, 6.45) is -14.7. The Hall–Kier alpha value is -1.50. The van der Waals surface area contributed by atoms with Gasteiger partial charge in [0.2, 0.25) is 11.8 Å². The molecule has 0 bridgehead atoms. The summed E-state index contributed by atoms with van der Waals surface area (Å²) in [5.74, 6) is -3.46. The minimum Gasteiger partial charge on any atom is -0.481 e. The van der Waals surface area contributed by atoms with Gasteiger partial charge in [0, 0.05) is 0 Å². The molecule has 0 aromatic carbocycles. The van der Waals surface area contributed by atoms with Crippen molar-refractivity contribution in [1.29, 1.82) is 0 Å². The van der Waals surface area contributed by atoms with Crippen molar-refractivity contribution in [2.75, 3.05) is 19.8 Å². The summed E-state index contributed by atoms with van der Waals surface area (Å²) in [5.41, 5.74) is 0. The largest absolute Gasteiger partial charge is 0.481 e. The maximum absolute atomic E-state index is 12.2. The van der Waals surface area contributed by atoms with E-state index in [9.17, 15) is 39.5 Å². The minimum atomic E-state index is -4.91. The number of hydrogen-bond acceptors (Lipinski definition) is 4. The number of aromatic nitrogens is 1. The van der Waals surface area contributed by atoms with Crippen LogP contribution in [0.5, 0.6) is 17.5 Å². The molecule has 0 saturated heterocycles. The number of alkyl halides is 9. The molecule has 15 heteroatoms. The van der Waals surface area contributed by atoms with Gasteiger partial charge in [0.05, 0.1) is 0 Å². The van der Waals surface area contributed by atoms with E-state index in [4.69, 9.17) is 23.2 Å². The van der Waals surface area contributed by atoms with Crippen molar-refractivity contribution in [3.8, 4) is 17.5 Å². The summed E-state index contributed by atoms with van der Waals surface area (Å²) in [7, 11) is 0. The van der Waals surface area contributed by atoms with Crippen molar-refractivity contribution in [2.45, 2.75) is 18.5 Å². The van der Waals surface area contributed by atoms with Crippen molar-refractivity contribution in [1.82, 2.24) is 4.98 Å². The van der Waals surface area contributed by atoms with Gasteiger partial charge in [-0.25, -0.2) is 0 Å². The zero-order valence-corrected chi connectivity index (χ0v) is 13.5. The molecule has 0 radical (unpaired) electrons.